The summed E-state index contributed by atoms with van der Waals surface area (Å²) < 4.78 is 0. The van der Waals surface area contributed by atoms with E-state index in [1.807, 2.05) is 19.1 Å². The normalized spacial score (nSPS) is 20.6. The molecule has 0 unspecified atom stereocenters. The van der Waals surface area contributed by atoms with Crippen LogP contribution < -0.4 is 11.1 Å². The lowest BCUT2D eigenvalue weighted by Crippen LogP contribution is -2.63. The smallest absolute Gasteiger partial charge is 0.238 e. The number of rotatable bonds is 6. The molecule has 3 rings (SSSR count). The van der Waals surface area contributed by atoms with E-state index in [0.717, 1.165) is 55.8 Å². The highest BCUT2D eigenvalue weighted by Crippen LogP contribution is 2.32. The molecule has 6 nitrogen and oxygen atoms in total. The number of amides is 2. The second-order valence-corrected chi connectivity index (χ2v) is 8.96. The maximum absolute atomic E-state index is 12.7. The molecule has 2 heterocycles. The van der Waals surface area contributed by atoms with Crippen molar-refractivity contribution in [2.24, 2.45) is 5.73 Å². The SMILES string of the molecule is Cc1cccc(C(C)C)c1NC(=O)CN1CCC(C(N)=O)(N2CCCCC2)CC1. The zero-order valence-electron chi connectivity index (χ0n) is 18.2. The number of nitrogens with zero attached hydrogens (tertiary/aromatic N) is 2. The highest BCUT2D eigenvalue weighted by atomic mass is 16.2. The fourth-order valence-corrected chi connectivity index (χ4v) is 4.85. The lowest BCUT2D eigenvalue weighted by atomic mass is 9.83. The molecule has 1 aromatic rings. The first-order valence-corrected chi connectivity index (χ1v) is 11.0. The summed E-state index contributed by atoms with van der Waals surface area (Å²) in [6, 6.07) is 6.14. The first-order valence-electron chi connectivity index (χ1n) is 11.0. The number of primary amides is 1. The molecule has 0 aliphatic carbocycles. The van der Waals surface area contributed by atoms with Crippen molar-refractivity contribution in [1.29, 1.82) is 0 Å². The van der Waals surface area contributed by atoms with Gasteiger partial charge in [0.2, 0.25) is 11.8 Å². The van der Waals surface area contributed by atoms with E-state index in [4.69, 9.17) is 5.73 Å². The van der Waals surface area contributed by atoms with Gasteiger partial charge in [0, 0.05) is 18.8 Å². The number of likely N-dealkylation sites (tertiary alicyclic amines) is 2. The number of nitrogens with two attached hydrogens (primary N) is 1. The predicted octanol–water partition coefficient (Wildman–Crippen LogP) is 2.86. The molecular weight excluding hydrogens is 364 g/mol. The van der Waals surface area contributed by atoms with Gasteiger partial charge in [-0.1, -0.05) is 38.5 Å². The Labute approximate surface area is 174 Å². The van der Waals surface area contributed by atoms with Crippen LogP contribution in [0.4, 0.5) is 5.69 Å². The predicted molar refractivity (Wildman–Crippen MR) is 117 cm³/mol. The number of nitrogens with one attached hydrogen (secondary N) is 1. The molecule has 0 spiro atoms. The Morgan fingerprint density at radius 2 is 1.76 bits per heavy atom. The van der Waals surface area contributed by atoms with E-state index in [9.17, 15) is 9.59 Å². The maximum Gasteiger partial charge on any atom is 0.238 e. The highest BCUT2D eigenvalue weighted by molar-refractivity contribution is 5.94. The van der Waals surface area contributed by atoms with Crippen molar-refractivity contribution < 1.29 is 9.59 Å². The minimum atomic E-state index is -0.534. The number of aryl methyl sites for hydroxylation is 1. The van der Waals surface area contributed by atoms with Gasteiger partial charge in [-0.2, -0.15) is 0 Å². The van der Waals surface area contributed by atoms with E-state index in [1.54, 1.807) is 0 Å². The maximum atomic E-state index is 12.7. The number of anilines is 1. The van der Waals surface area contributed by atoms with Crippen LogP contribution >= 0.6 is 0 Å². The molecule has 6 heteroatoms. The summed E-state index contributed by atoms with van der Waals surface area (Å²) in [5.74, 6) is 0.150. The Kier molecular flexibility index (Phi) is 6.96. The van der Waals surface area contributed by atoms with E-state index in [-0.39, 0.29) is 11.8 Å². The molecule has 0 radical (unpaired) electrons. The third kappa shape index (κ3) is 4.81. The zero-order chi connectivity index (χ0) is 21.0. The molecule has 29 heavy (non-hydrogen) atoms. The van der Waals surface area contributed by atoms with Gasteiger partial charge in [-0.3, -0.25) is 19.4 Å². The van der Waals surface area contributed by atoms with Gasteiger partial charge in [-0.25, -0.2) is 0 Å². The Morgan fingerprint density at radius 1 is 1.10 bits per heavy atom. The summed E-state index contributed by atoms with van der Waals surface area (Å²) in [6.45, 7) is 10.00. The molecule has 3 N–H and O–H groups in total. The van der Waals surface area contributed by atoms with Gasteiger partial charge in [0.1, 0.15) is 5.54 Å². The lowest BCUT2D eigenvalue weighted by molar-refractivity contribution is -0.135. The fourth-order valence-electron chi connectivity index (χ4n) is 4.85. The molecule has 2 fully saturated rings. The minimum Gasteiger partial charge on any atom is -0.368 e. The molecule has 2 amide bonds. The first kappa shape index (κ1) is 21.8. The molecule has 0 atom stereocenters. The van der Waals surface area contributed by atoms with Gasteiger partial charge in [0.25, 0.3) is 0 Å². The fraction of sp³-hybridized carbons (Fsp3) is 0.652. The Bertz CT molecular complexity index is 732. The Hall–Kier alpha value is -1.92. The molecule has 2 saturated heterocycles. The monoisotopic (exact) mass is 400 g/mol. The second kappa shape index (κ2) is 9.26. The number of carbonyl (C=O) groups excluding carboxylic acids is 2. The summed E-state index contributed by atoms with van der Waals surface area (Å²) in [4.78, 5) is 29.6. The summed E-state index contributed by atoms with van der Waals surface area (Å²) in [6.07, 6.45) is 4.91. The van der Waals surface area contributed by atoms with E-state index in [2.05, 4.69) is 35.0 Å². The zero-order valence-corrected chi connectivity index (χ0v) is 18.2. The largest absolute Gasteiger partial charge is 0.368 e. The van der Waals surface area contributed by atoms with Crippen molar-refractivity contribution in [2.45, 2.75) is 64.3 Å². The Balaban J connectivity index is 1.61. The van der Waals surface area contributed by atoms with Gasteiger partial charge in [0.15, 0.2) is 0 Å². The number of para-hydroxylation sites is 1. The van der Waals surface area contributed by atoms with E-state index >= 15 is 0 Å². The van der Waals surface area contributed by atoms with Crippen molar-refractivity contribution in [3.8, 4) is 0 Å². The summed E-state index contributed by atoms with van der Waals surface area (Å²) >= 11 is 0. The second-order valence-electron chi connectivity index (χ2n) is 8.96. The lowest BCUT2D eigenvalue weighted by Gasteiger charge is -2.48. The van der Waals surface area contributed by atoms with Crippen molar-refractivity contribution >= 4 is 17.5 Å². The average molecular weight is 401 g/mol. The molecule has 2 aliphatic rings. The van der Waals surface area contributed by atoms with Crippen LogP contribution in [0.15, 0.2) is 18.2 Å². The summed E-state index contributed by atoms with van der Waals surface area (Å²) in [7, 11) is 0. The van der Waals surface area contributed by atoms with E-state index < -0.39 is 5.54 Å². The van der Waals surface area contributed by atoms with Crippen LogP contribution in [-0.4, -0.2) is 59.9 Å². The van der Waals surface area contributed by atoms with Gasteiger partial charge >= 0.3 is 0 Å². The van der Waals surface area contributed by atoms with Crippen LogP contribution in [0, 0.1) is 6.92 Å². The van der Waals surface area contributed by atoms with Gasteiger partial charge < -0.3 is 11.1 Å². The molecule has 2 aliphatic heterocycles. The minimum absolute atomic E-state index is 0.00532. The third-order valence-electron chi connectivity index (χ3n) is 6.66. The highest BCUT2D eigenvalue weighted by Gasteiger charge is 2.45. The molecule has 0 aromatic heterocycles. The average Bonchev–Trinajstić information content (AvgIpc) is 2.70. The Morgan fingerprint density at radius 3 is 2.34 bits per heavy atom. The van der Waals surface area contributed by atoms with Crippen LogP contribution in [0.1, 0.15) is 63.0 Å². The van der Waals surface area contributed by atoms with Crippen molar-refractivity contribution in [2.75, 3.05) is 38.0 Å². The summed E-state index contributed by atoms with van der Waals surface area (Å²) in [5.41, 5.74) is 8.51. The van der Waals surface area contributed by atoms with Crippen LogP contribution in [0.3, 0.4) is 0 Å². The molecule has 160 valence electrons. The van der Waals surface area contributed by atoms with Crippen molar-refractivity contribution in [3.05, 3.63) is 29.3 Å². The van der Waals surface area contributed by atoms with Crippen LogP contribution in [0.25, 0.3) is 0 Å². The van der Waals surface area contributed by atoms with Crippen molar-refractivity contribution in [3.63, 3.8) is 0 Å². The summed E-state index contributed by atoms with van der Waals surface area (Å²) in [5, 5.41) is 3.13. The number of benzene rings is 1. The first-order chi connectivity index (χ1) is 13.8. The van der Waals surface area contributed by atoms with Crippen LogP contribution in [0.5, 0.6) is 0 Å². The quantitative estimate of drug-likeness (QED) is 0.770. The molecule has 0 saturated carbocycles. The molecular formula is C23H36N4O2. The van der Waals surface area contributed by atoms with Crippen LogP contribution in [0.2, 0.25) is 0 Å². The number of carbonyl (C=O) groups is 2. The van der Waals surface area contributed by atoms with E-state index in [0.29, 0.717) is 25.3 Å². The number of hydrogen-bond acceptors (Lipinski definition) is 4. The van der Waals surface area contributed by atoms with Gasteiger partial charge in [-0.15, -0.1) is 0 Å². The van der Waals surface area contributed by atoms with Crippen molar-refractivity contribution in [1.82, 2.24) is 9.80 Å². The van der Waals surface area contributed by atoms with Gasteiger partial charge in [-0.05, 0) is 62.7 Å². The molecule has 1 aromatic carbocycles. The number of piperidine rings is 2. The standard InChI is InChI=1S/C23H36N4O2/c1-17(2)19-9-7-8-18(3)21(19)25-20(28)16-26-14-10-23(11-15-26,22(24)29)27-12-5-4-6-13-27/h7-9,17H,4-6,10-16H2,1-3H3,(H2,24,29)(H,25,28). The van der Waals surface area contributed by atoms with E-state index in [1.165, 1.54) is 6.42 Å². The topological polar surface area (TPSA) is 78.7 Å². The van der Waals surface area contributed by atoms with Gasteiger partial charge in [0.05, 0.1) is 6.54 Å². The number of hydrogen-bond donors (Lipinski definition) is 2. The van der Waals surface area contributed by atoms with Crippen LogP contribution in [-0.2, 0) is 9.59 Å². The third-order valence-corrected chi connectivity index (χ3v) is 6.66. The molecule has 0 bridgehead atoms.